The highest BCUT2D eigenvalue weighted by Gasteiger charge is 2.05. The molecule has 0 unspecified atom stereocenters. The van der Waals surface area contributed by atoms with Crippen LogP contribution in [0.3, 0.4) is 0 Å². The Bertz CT molecular complexity index is 669. The molecule has 0 aliphatic rings. The number of aromatic nitrogens is 2. The van der Waals surface area contributed by atoms with Crippen LogP contribution in [0.1, 0.15) is 18.1 Å². The standard InChI is InChI=1S/C15H17N3S/c1-2-16-7-12-8-17-18(9-12)10-13-11-19-15-6-4-3-5-14(13)15/h3-6,8-9,11,16H,2,7,10H2,1H3. The van der Waals surface area contributed by atoms with Crippen LogP contribution in [0.2, 0.25) is 0 Å². The van der Waals surface area contributed by atoms with Crippen molar-refractivity contribution in [1.29, 1.82) is 0 Å². The molecule has 3 nitrogen and oxygen atoms in total. The lowest BCUT2D eigenvalue weighted by Gasteiger charge is -2.00. The molecule has 4 heteroatoms. The van der Waals surface area contributed by atoms with Crippen molar-refractivity contribution in [2.75, 3.05) is 6.54 Å². The van der Waals surface area contributed by atoms with Crippen molar-refractivity contribution < 1.29 is 0 Å². The van der Waals surface area contributed by atoms with E-state index >= 15 is 0 Å². The lowest BCUT2D eigenvalue weighted by molar-refractivity contribution is 0.687. The molecule has 2 aromatic heterocycles. The topological polar surface area (TPSA) is 29.9 Å². The lowest BCUT2D eigenvalue weighted by Crippen LogP contribution is -2.11. The van der Waals surface area contributed by atoms with E-state index in [0.29, 0.717) is 0 Å². The molecule has 3 aromatic rings. The number of thiophene rings is 1. The molecule has 0 radical (unpaired) electrons. The van der Waals surface area contributed by atoms with Crippen LogP contribution in [-0.2, 0) is 13.1 Å². The van der Waals surface area contributed by atoms with Crippen molar-refractivity contribution in [3.63, 3.8) is 0 Å². The molecule has 3 rings (SSSR count). The van der Waals surface area contributed by atoms with E-state index in [0.717, 1.165) is 19.6 Å². The maximum absolute atomic E-state index is 4.43. The van der Waals surface area contributed by atoms with E-state index in [4.69, 9.17) is 0 Å². The Kier molecular flexibility index (Phi) is 3.62. The predicted molar refractivity (Wildman–Crippen MR) is 80.5 cm³/mol. The first kappa shape index (κ1) is 12.4. The average Bonchev–Trinajstić information content (AvgIpc) is 3.05. The van der Waals surface area contributed by atoms with E-state index in [-0.39, 0.29) is 0 Å². The summed E-state index contributed by atoms with van der Waals surface area (Å²) in [6.45, 7) is 4.83. The molecule has 0 saturated heterocycles. The van der Waals surface area contributed by atoms with E-state index in [1.807, 2.05) is 10.9 Å². The van der Waals surface area contributed by atoms with E-state index < -0.39 is 0 Å². The van der Waals surface area contributed by atoms with Crippen LogP contribution in [-0.4, -0.2) is 16.3 Å². The molecule has 0 amide bonds. The first-order valence-corrected chi connectivity index (χ1v) is 7.42. The number of nitrogens with one attached hydrogen (secondary N) is 1. The highest BCUT2D eigenvalue weighted by Crippen LogP contribution is 2.26. The SMILES string of the molecule is CCNCc1cnn(Cc2csc3ccccc23)c1. The third-order valence-electron chi connectivity index (χ3n) is 3.16. The largest absolute Gasteiger partial charge is 0.313 e. The summed E-state index contributed by atoms with van der Waals surface area (Å²) in [7, 11) is 0. The second-order valence-electron chi connectivity index (χ2n) is 4.58. The van der Waals surface area contributed by atoms with Crippen LogP contribution in [0, 0.1) is 0 Å². The van der Waals surface area contributed by atoms with Gasteiger partial charge < -0.3 is 5.32 Å². The second kappa shape index (κ2) is 5.55. The molecule has 1 aromatic carbocycles. The van der Waals surface area contributed by atoms with Crippen molar-refractivity contribution in [2.45, 2.75) is 20.0 Å². The molecule has 0 bridgehead atoms. The third kappa shape index (κ3) is 2.69. The van der Waals surface area contributed by atoms with Crippen LogP contribution in [0.25, 0.3) is 10.1 Å². The van der Waals surface area contributed by atoms with Gasteiger partial charge in [0.15, 0.2) is 0 Å². The van der Waals surface area contributed by atoms with E-state index in [1.165, 1.54) is 21.2 Å². The van der Waals surface area contributed by atoms with Crippen LogP contribution in [0.15, 0.2) is 42.0 Å². The molecular weight excluding hydrogens is 254 g/mol. The van der Waals surface area contributed by atoms with Crippen molar-refractivity contribution in [1.82, 2.24) is 15.1 Å². The fourth-order valence-corrected chi connectivity index (χ4v) is 3.14. The highest BCUT2D eigenvalue weighted by atomic mass is 32.1. The van der Waals surface area contributed by atoms with E-state index in [9.17, 15) is 0 Å². The van der Waals surface area contributed by atoms with Crippen molar-refractivity contribution in [2.24, 2.45) is 0 Å². The monoisotopic (exact) mass is 271 g/mol. The minimum atomic E-state index is 0.843. The summed E-state index contributed by atoms with van der Waals surface area (Å²) in [5.41, 5.74) is 2.58. The second-order valence-corrected chi connectivity index (χ2v) is 5.49. The summed E-state index contributed by atoms with van der Waals surface area (Å²) in [4.78, 5) is 0. The summed E-state index contributed by atoms with van der Waals surface area (Å²) in [5.74, 6) is 0. The summed E-state index contributed by atoms with van der Waals surface area (Å²) in [6.07, 6.45) is 4.06. The third-order valence-corrected chi connectivity index (χ3v) is 4.17. The molecule has 0 fully saturated rings. The molecule has 0 saturated carbocycles. The van der Waals surface area contributed by atoms with Gasteiger partial charge in [-0.15, -0.1) is 11.3 Å². The van der Waals surface area contributed by atoms with Gasteiger partial charge in [0, 0.05) is 23.0 Å². The normalized spacial score (nSPS) is 11.2. The molecule has 0 aliphatic heterocycles. The minimum absolute atomic E-state index is 0.843. The number of rotatable bonds is 5. The fraction of sp³-hybridized carbons (Fsp3) is 0.267. The fourth-order valence-electron chi connectivity index (χ4n) is 2.18. The number of hydrogen-bond acceptors (Lipinski definition) is 3. The molecule has 98 valence electrons. The van der Waals surface area contributed by atoms with Gasteiger partial charge in [0.1, 0.15) is 0 Å². The van der Waals surface area contributed by atoms with Gasteiger partial charge in [-0.1, -0.05) is 25.1 Å². The van der Waals surface area contributed by atoms with Crippen LogP contribution >= 0.6 is 11.3 Å². The van der Waals surface area contributed by atoms with Gasteiger partial charge in [-0.2, -0.15) is 5.10 Å². The van der Waals surface area contributed by atoms with Gasteiger partial charge in [0.25, 0.3) is 0 Å². The summed E-state index contributed by atoms with van der Waals surface area (Å²) >= 11 is 1.80. The molecular formula is C15H17N3S. The number of fused-ring (bicyclic) bond motifs is 1. The molecule has 2 heterocycles. The Hall–Kier alpha value is -1.65. The number of nitrogens with zero attached hydrogens (tertiary/aromatic N) is 2. The molecule has 0 atom stereocenters. The van der Waals surface area contributed by atoms with Gasteiger partial charge in [-0.3, -0.25) is 4.68 Å². The van der Waals surface area contributed by atoms with Crippen LogP contribution in [0.5, 0.6) is 0 Å². The summed E-state index contributed by atoms with van der Waals surface area (Å²) in [5, 5.41) is 11.3. The smallest absolute Gasteiger partial charge is 0.0673 e. The Labute approximate surface area is 116 Å². The number of hydrogen-bond donors (Lipinski definition) is 1. The first-order chi connectivity index (χ1) is 9.36. The van der Waals surface area contributed by atoms with Gasteiger partial charge in [0.2, 0.25) is 0 Å². The maximum atomic E-state index is 4.43. The van der Waals surface area contributed by atoms with Crippen molar-refractivity contribution in [3.05, 3.63) is 53.2 Å². The Morgan fingerprint density at radius 1 is 1.32 bits per heavy atom. The van der Waals surface area contributed by atoms with Crippen molar-refractivity contribution in [3.8, 4) is 0 Å². The minimum Gasteiger partial charge on any atom is -0.313 e. The zero-order valence-electron chi connectivity index (χ0n) is 11.0. The van der Waals surface area contributed by atoms with Crippen LogP contribution in [0.4, 0.5) is 0 Å². The molecule has 0 spiro atoms. The Morgan fingerprint density at radius 3 is 3.11 bits per heavy atom. The Morgan fingerprint density at radius 2 is 2.21 bits per heavy atom. The van der Waals surface area contributed by atoms with Gasteiger partial charge >= 0.3 is 0 Å². The summed E-state index contributed by atoms with van der Waals surface area (Å²) < 4.78 is 3.36. The maximum Gasteiger partial charge on any atom is 0.0673 e. The lowest BCUT2D eigenvalue weighted by atomic mass is 10.2. The average molecular weight is 271 g/mol. The molecule has 19 heavy (non-hydrogen) atoms. The van der Waals surface area contributed by atoms with Crippen LogP contribution < -0.4 is 5.32 Å². The first-order valence-electron chi connectivity index (χ1n) is 6.54. The quantitative estimate of drug-likeness (QED) is 0.772. The summed E-state index contributed by atoms with van der Waals surface area (Å²) in [6, 6.07) is 8.54. The molecule has 1 N–H and O–H groups in total. The Balaban J connectivity index is 1.79. The number of benzene rings is 1. The molecule has 0 aliphatic carbocycles. The van der Waals surface area contributed by atoms with Gasteiger partial charge in [0.05, 0.1) is 12.7 Å². The highest BCUT2D eigenvalue weighted by molar-refractivity contribution is 7.17. The zero-order chi connectivity index (χ0) is 13.1. The predicted octanol–water partition coefficient (Wildman–Crippen LogP) is 3.26. The zero-order valence-corrected chi connectivity index (χ0v) is 11.8. The van der Waals surface area contributed by atoms with Gasteiger partial charge in [-0.05, 0) is 28.9 Å². The van der Waals surface area contributed by atoms with Crippen molar-refractivity contribution >= 4 is 21.4 Å². The van der Waals surface area contributed by atoms with Gasteiger partial charge in [-0.25, -0.2) is 0 Å². The van der Waals surface area contributed by atoms with E-state index in [2.05, 4.69) is 53.2 Å². The van der Waals surface area contributed by atoms with E-state index in [1.54, 1.807) is 11.3 Å².